The molecule has 2 rings (SSSR count). The zero-order valence-electron chi connectivity index (χ0n) is 17.9. The summed E-state index contributed by atoms with van der Waals surface area (Å²) >= 11 is 0. The maximum Gasteiger partial charge on any atom is 0.191 e. The number of ether oxygens (including phenoxy) is 2. The molecule has 0 radical (unpaired) electrons. The van der Waals surface area contributed by atoms with E-state index >= 15 is 0 Å². The molecule has 1 aromatic carbocycles. The van der Waals surface area contributed by atoms with Gasteiger partial charge in [-0.15, -0.1) is 24.0 Å². The van der Waals surface area contributed by atoms with Crippen LogP contribution in [-0.2, 0) is 13.1 Å². The Labute approximate surface area is 190 Å². The number of guanidine groups is 1. The summed E-state index contributed by atoms with van der Waals surface area (Å²) in [5.41, 5.74) is 2.09. The highest BCUT2D eigenvalue weighted by Gasteiger charge is 2.13. The van der Waals surface area contributed by atoms with Gasteiger partial charge in [0.15, 0.2) is 23.2 Å². The summed E-state index contributed by atoms with van der Waals surface area (Å²) in [6, 6.07) is 7.91. The van der Waals surface area contributed by atoms with E-state index in [1.54, 1.807) is 14.2 Å². The van der Waals surface area contributed by atoms with E-state index in [2.05, 4.69) is 34.6 Å². The van der Waals surface area contributed by atoms with Crippen molar-refractivity contribution in [3.8, 4) is 11.5 Å². The van der Waals surface area contributed by atoms with Crippen LogP contribution in [-0.4, -0.2) is 31.9 Å². The third kappa shape index (κ3) is 7.41. The number of hydrogen-bond acceptors (Lipinski definition) is 5. The van der Waals surface area contributed by atoms with E-state index in [9.17, 15) is 0 Å². The molecule has 1 aromatic heterocycles. The van der Waals surface area contributed by atoms with Gasteiger partial charge in [0.2, 0.25) is 0 Å². The van der Waals surface area contributed by atoms with Gasteiger partial charge in [-0.25, -0.2) is 0 Å². The molecule has 7 nitrogen and oxygen atoms in total. The molecule has 0 saturated carbocycles. The molecule has 0 fully saturated rings. The number of hydrogen-bond donors (Lipinski definition) is 2. The monoisotopic (exact) mass is 516 g/mol. The fourth-order valence-corrected chi connectivity index (χ4v) is 2.99. The summed E-state index contributed by atoms with van der Waals surface area (Å²) < 4.78 is 16.4. The molecular formula is C21H33IN4O3. The van der Waals surface area contributed by atoms with Gasteiger partial charge >= 0.3 is 0 Å². The maximum atomic E-state index is 5.63. The van der Waals surface area contributed by atoms with E-state index in [0.29, 0.717) is 31.6 Å². The van der Waals surface area contributed by atoms with Crippen LogP contribution in [0.15, 0.2) is 33.8 Å². The molecule has 0 aliphatic rings. The van der Waals surface area contributed by atoms with Gasteiger partial charge in [-0.2, -0.15) is 0 Å². The number of aromatic nitrogens is 1. The predicted molar refractivity (Wildman–Crippen MR) is 126 cm³/mol. The summed E-state index contributed by atoms with van der Waals surface area (Å²) in [5, 5.41) is 10.7. The number of halogens is 1. The summed E-state index contributed by atoms with van der Waals surface area (Å²) in [6.45, 7) is 8.02. The maximum absolute atomic E-state index is 5.63. The van der Waals surface area contributed by atoms with Crippen molar-refractivity contribution < 1.29 is 14.0 Å². The van der Waals surface area contributed by atoms with Crippen LogP contribution in [0.1, 0.15) is 56.5 Å². The standard InChI is InChI=1S/C21H32N4O3.HI/c1-6-16(7-2)18-12-17(28-25-18)14-24-21(22-4)23-13-15-9-10-19(26-5)20(11-15)27-8-3;/h9-12,16H,6-8,13-14H2,1-5H3,(H2,22,23,24);1H. The van der Waals surface area contributed by atoms with Crippen LogP contribution in [0, 0.1) is 0 Å². The van der Waals surface area contributed by atoms with Gasteiger partial charge < -0.3 is 24.6 Å². The summed E-state index contributed by atoms with van der Waals surface area (Å²) in [6.07, 6.45) is 2.12. The molecule has 0 aliphatic heterocycles. The molecule has 0 bridgehead atoms. The molecule has 0 unspecified atom stereocenters. The second-order valence-electron chi connectivity index (χ2n) is 6.43. The molecule has 8 heteroatoms. The Bertz CT molecular complexity index is 760. The van der Waals surface area contributed by atoms with Crippen molar-refractivity contribution in [2.45, 2.75) is 52.6 Å². The molecule has 29 heavy (non-hydrogen) atoms. The summed E-state index contributed by atoms with van der Waals surface area (Å²) in [7, 11) is 3.38. The van der Waals surface area contributed by atoms with E-state index in [4.69, 9.17) is 14.0 Å². The first-order valence-corrected chi connectivity index (χ1v) is 9.84. The average molecular weight is 516 g/mol. The molecule has 0 aliphatic carbocycles. The van der Waals surface area contributed by atoms with Crippen molar-refractivity contribution in [1.29, 1.82) is 0 Å². The number of methoxy groups -OCH3 is 1. The number of aliphatic imine (C=N–C) groups is 1. The molecule has 0 atom stereocenters. The van der Waals surface area contributed by atoms with Crippen molar-refractivity contribution >= 4 is 29.9 Å². The molecule has 0 amide bonds. The lowest BCUT2D eigenvalue weighted by molar-refractivity contribution is 0.310. The highest BCUT2D eigenvalue weighted by molar-refractivity contribution is 14.0. The SMILES string of the molecule is CCOc1cc(CNC(=NC)NCc2cc(C(CC)CC)no2)ccc1OC.I. The Morgan fingerprint density at radius 2 is 1.83 bits per heavy atom. The average Bonchev–Trinajstić information content (AvgIpc) is 3.18. The van der Waals surface area contributed by atoms with Crippen LogP contribution in [0.3, 0.4) is 0 Å². The van der Waals surface area contributed by atoms with Crippen molar-refractivity contribution in [3.05, 3.63) is 41.3 Å². The fraction of sp³-hybridized carbons (Fsp3) is 0.524. The quantitative estimate of drug-likeness (QED) is 0.276. The molecule has 1 heterocycles. The summed E-state index contributed by atoms with van der Waals surface area (Å²) in [4.78, 5) is 4.26. The fourth-order valence-electron chi connectivity index (χ4n) is 2.99. The molecule has 162 valence electrons. The first kappa shape index (κ1) is 25.1. The normalized spacial score (nSPS) is 11.2. The number of nitrogens with zero attached hydrogens (tertiary/aromatic N) is 2. The van der Waals surface area contributed by atoms with Crippen LogP contribution < -0.4 is 20.1 Å². The first-order valence-electron chi connectivity index (χ1n) is 9.84. The lowest BCUT2D eigenvalue weighted by atomic mass is 9.99. The Kier molecular flexibility index (Phi) is 11.5. The third-order valence-electron chi connectivity index (χ3n) is 4.62. The van der Waals surface area contributed by atoms with Gasteiger partial charge in [0, 0.05) is 25.6 Å². The van der Waals surface area contributed by atoms with Crippen LogP contribution in [0.25, 0.3) is 0 Å². The predicted octanol–water partition coefficient (Wildman–Crippen LogP) is 4.47. The number of nitrogens with one attached hydrogen (secondary N) is 2. The second kappa shape index (κ2) is 13.3. The third-order valence-corrected chi connectivity index (χ3v) is 4.62. The Balaban J connectivity index is 0.00000420. The first-order chi connectivity index (χ1) is 13.6. The minimum Gasteiger partial charge on any atom is -0.493 e. The Morgan fingerprint density at radius 1 is 1.10 bits per heavy atom. The Morgan fingerprint density at radius 3 is 2.45 bits per heavy atom. The van der Waals surface area contributed by atoms with Gasteiger partial charge in [0.25, 0.3) is 0 Å². The van der Waals surface area contributed by atoms with Crippen LogP contribution >= 0.6 is 24.0 Å². The van der Waals surface area contributed by atoms with E-state index in [1.807, 2.05) is 31.2 Å². The molecule has 2 N–H and O–H groups in total. The second-order valence-corrected chi connectivity index (χ2v) is 6.43. The number of benzene rings is 1. The van der Waals surface area contributed by atoms with E-state index in [1.165, 1.54) is 0 Å². The lowest BCUT2D eigenvalue weighted by Gasteiger charge is -2.13. The van der Waals surface area contributed by atoms with Gasteiger partial charge in [0.05, 0.1) is 26.0 Å². The minimum absolute atomic E-state index is 0. The van der Waals surface area contributed by atoms with Gasteiger partial charge in [0.1, 0.15) is 0 Å². The Hall–Kier alpha value is -1.97. The highest BCUT2D eigenvalue weighted by atomic mass is 127. The van der Waals surface area contributed by atoms with Crippen LogP contribution in [0.2, 0.25) is 0 Å². The van der Waals surface area contributed by atoms with E-state index in [0.717, 1.165) is 41.4 Å². The number of rotatable bonds is 10. The topological polar surface area (TPSA) is 80.9 Å². The zero-order chi connectivity index (χ0) is 20.4. The van der Waals surface area contributed by atoms with Crippen molar-refractivity contribution in [3.63, 3.8) is 0 Å². The van der Waals surface area contributed by atoms with Crippen LogP contribution in [0.4, 0.5) is 0 Å². The largest absolute Gasteiger partial charge is 0.493 e. The van der Waals surface area contributed by atoms with Gasteiger partial charge in [-0.3, -0.25) is 4.99 Å². The summed E-state index contributed by atoms with van der Waals surface area (Å²) in [5.74, 6) is 3.40. The van der Waals surface area contributed by atoms with E-state index < -0.39 is 0 Å². The molecule has 0 spiro atoms. The van der Waals surface area contributed by atoms with Gasteiger partial charge in [-0.05, 0) is 37.5 Å². The molecule has 0 saturated heterocycles. The lowest BCUT2D eigenvalue weighted by Crippen LogP contribution is -2.36. The van der Waals surface area contributed by atoms with Crippen molar-refractivity contribution in [2.75, 3.05) is 20.8 Å². The highest BCUT2D eigenvalue weighted by Crippen LogP contribution is 2.28. The van der Waals surface area contributed by atoms with E-state index in [-0.39, 0.29) is 24.0 Å². The smallest absolute Gasteiger partial charge is 0.191 e. The molecular weight excluding hydrogens is 483 g/mol. The zero-order valence-corrected chi connectivity index (χ0v) is 20.3. The van der Waals surface area contributed by atoms with Crippen molar-refractivity contribution in [1.82, 2.24) is 15.8 Å². The molecule has 2 aromatic rings. The van der Waals surface area contributed by atoms with Gasteiger partial charge in [-0.1, -0.05) is 25.1 Å². The van der Waals surface area contributed by atoms with Crippen LogP contribution in [0.5, 0.6) is 11.5 Å². The van der Waals surface area contributed by atoms with Crippen molar-refractivity contribution in [2.24, 2.45) is 4.99 Å². The minimum atomic E-state index is 0.